The molecule has 3 heterocycles. The lowest BCUT2D eigenvalue weighted by Crippen LogP contribution is -2.29. The summed E-state index contributed by atoms with van der Waals surface area (Å²) in [4.78, 5) is 34.3. The first kappa shape index (κ1) is 17.7. The van der Waals surface area contributed by atoms with Crippen LogP contribution < -0.4 is 10.9 Å². The highest BCUT2D eigenvalue weighted by atomic mass is 32.2. The van der Waals surface area contributed by atoms with Crippen LogP contribution in [0.25, 0.3) is 10.9 Å². The molecule has 1 N–H and O–H groups in total. The Balaban J connectivity index is 1.60. The SMILES string of the molecule is Cc1cc(NC(=O)CC2CSc3nc(C)c(C)c(=O)n32)c2ccccc2n1. The minimum absolute atomic E-state index is 0.0505. The van der Waals surface area contributed by atoms with E-state index in [0.29, 0.717) is 16.5 Å². The molecular weight excluding hydrogens is 360 g/mol. The second-order valence-corrected chi connectivity index (χ2v) is 7.81. The number of carbonyl (C=O) groups is 1. The van der Waals surface area contributed by atoms with Crippen LogP contribution in [0.2, 0.25) is 0 Å². The van der Waals surface area contributed by atoms with Gasteiger partial charge in [-0.2, -0.15) is 0 Å². The smallest absolute Gasteiger partial charge is 0.257 e. The van der Waals surface area contributed by atoms with E-state index in [9.17, 15) is 9.59 Å². The first-order valence-corrected chi connectivity index (χ1v) is 9.81. The Kier molecular flexibility index (Phi) is 4.47. The third kappa shape index (κ3) is 3.23. The van der Waals surface area contributed by atoms with Crippen molar-refractivity contribution in [3.05, 3.63) is 57.6 Å². The fourth-order valence-electron chi connectivity index (χ4n) is 3.35. The number of aryl methyl sites for hydroxylation is 2. The summed E-state index contributed by atoms with van der Waals surface area (Å²) < 4.78 is 1.67. The van der Waals surface area contributed by atoms with Gasteiger partial charge in [0.05, 0.1) is 17.2 Å². The number of pyridine rings is 1. The van der Waals surface area contributed by atoms with Crippen molar-refractivity contribution in [1.82, 2.24) is 14.5 Å². The molecule has 0 spiro atoms. The van der Waals surface area contributed by atoms with E-state index < -0.39 is 0 Å². The maximum Gasteiger partial charge on any atom is 0.257 e. The van der Waals surface area contributed by atoms with Crippen LogP contribution in [0.1, 0.15) is 29.4 Å². The fraction of sp³-hybridized carbons (Fsp3) is 0.300. The Labute approximate surface area is 161 Å². The van der Waals surface area contributed by atoms with Crippen LogP contribution in [-0.2, 0) is 4.79 Å². The van der Waals surface area contributed by atoms with Gasteiger partial charge in [-0.25, -0.2) is 4.98 Å². The van der Waals surface area contributed by atoms with Crippen LogP contribution in [0.4, 0.5) is 5.69 Å². The van der Waals surface area contributed by atoms with Crippen LogP contribution in [0, 0.1) is 20.8 Å². The van der Waals surface area contributed by atoms with Crippen LogP contribution in [-0.4, -0.2) is 26.2 Å². The minimum Gasteiger partial charge on any atom is -0.325 e. The molecule has 1 amide bonds. The van der Waals surface area contributed by atoms with E-state index in [4.69, 9.17) is 0 Å². The number of amides is 1. The second kappa shape index (κ2) is 6.81. The molecule has 0 bridgehead atoms. The molecule has 6 nitrogen and oxygen atoms in total. The predicted octanol–water partition coefficient (Wildman–Crippen LogP) is 3.39. The molecule has 4 rings (SSSR count). The molecule has 0 radical (unpaired) electrons. The second-order valence-electron chi connectivity index (χ2n) is 6.83. The van der Waals surface area contributed by atoms with Gasteiger partial charge in [0.25, 0.3) is 5.56 Å². The summed E-state index contributed by atoms with van der Waals surface area (Å²) in [5, 5.41) is 4.61. The van der Waals surface area contributed by atoms with Crippen molar-refractivity contribution in [3.63, 3.8) is 0 Å². The van der Waals surface area contributed by atoms with Gasteiger partial charge in [-0.1, -0.05) is 30.0 Å². The third-order valence-electron chi connectivity index (χ3n) is 4.86. The number of rotatable bonds is 3. The van der Waals surface area contributed by atoms with Gasteiger partial charge in [0.1, 0.15) is 0 Å². The molecule has 138 valence electrons. The standard InChI is InChI=1S/C20H20N4O2S/c1-11-8-17(15-6-4-5-7-16(15)21-11)23-18(25)9-14-10-27-20-22-13(3)12(2)19(26)24(14)20/h4-8,14H,9-10H2,1-3H3,(H,21,23,25). The average Bonchev–Trinajstić information content (AvgIpc) is 3.02. The van der Waals surface area contributed by atoms with Gasteiger partial charge < -0.3 is 5.32 Å². The number of nitrogens with one attached hydrogen (secondary N) is 1. The zero-order valence-electron chi connectivity index (χ0n) is 15.4. The summed E-state index contributed by atoms with van der Waals surface area (Å²) in [5.74, 6) is 0.559. The molecule has 7 heteroatoms. The third-order valence-corrected chi connectivity index (χ3v) is 5.96. The molecule has 1 aromatic carbocycles. The van der Waals surface area contributed by atoms with Crippen molar-refractivity contribution in [2.75, 3.05) is 11.1 Å². The molecule has 27 heavy (non-hydrogen) atoms. The quantitative estimate of drug-likeness (QED) is 0.705. The zero-order chi connectivity index (χ0) is 19.1. The molecule has 1 aliphatic heterocycles. The summed E-state index contributed by atoms with van der Waals surface area (Å²) in [5.41, 5.74) is 3.79. The molecule has 3 aromatic rings. The highest BCUT2D eigenvalue weighted by molar-refractivity contribution is 7.99. The zero-order valence-corrected chi connectivity index (χ0v) is 16.3. The lowest BCUT2D eigenvalue weighted by Gasteiger charge is -2.15. The number of fused-ring (bicyclic) bond motifs is 2. The van der Waals surface area contributed by atoms with Gasteiger partial charge in [0, 0.05) is 34.5 Å². The van der Waals surface area contributed by atoms with E-state index in [1.165, 1.54) is 11.8 Å². The number of benzene rings is 1. The summed E-state index contributed by atoms with van der Waals surface area (Å²) in [6.07, 6.45) is 0.236. The molecule has 2 aromatic heterocycles. The normalized spacial score (nSPS) is 15.7. The number of carbonyl (C=O) groups excluding carboxylic acids is 1. The summed E-state index contributed by atoms with van der Waals surface area (Å²) in [6.45, 7) is 5.53. The molecule has 1 aliphatic rings. The largest absolute Gasteiger partial charge is 0.325 e. The molecule has 0 saturated heterocycles. The summed E-state index contributed by atoms with van der Waals surface area (Å²) in [6, 6.07) is 9.42. The highest BCUT2D eigenvalue weighted by Crippen LogP contribution is 2.33. The Bertz CT molecular complexity index is 1120. The van der Waals surface area contributed by atoms with E-state index in [1.807, 2.05) is 44.2 Å². The number of thioether (sulfide) groups is 1. The van der Waals surface area contributed by atoms with E-state index >= 15 is 0 Å². The summed E-state index contributed by atoms with van der Waals surface area (Å²) in [7, 11) is 0. The average molecular weight is 380 g/mol. The molecule has 0 fully saturated rings. The van der Waals surface area contributed by atoms with E-state index in [2.05, 4.69) is 15.3 Å². The van der Waals surface area contributed by atoms with Crippen LogP contribution in [0.15, 0.2) is 40.3 Å². The van der Waals surface area contributed by atoms with E-state index in [-0.39, 0.29) is 23.9 Å². The van der Waals surface area contributed by atoms with Gasteiger partial charge >= 0.3 is 0 Å². The van der Waals surface area contributed by atoms with Gasteiger partial charge in [-0.3, -0.25) is 19.1 Å². The first-order valence-electron chi connectivity index (χ1n) is 8.83. The Morgan fingerprint density at radius 2 is 2.04 bits per heavy atom. The molecule has 0 saturated carbocycles. The van der Waals surface area contributed by atoms with Crippen LogP contribution >= 0.6 is 11.8 Å². The number of nitrogens with zero attached hydrogens (tertiary/aromatic N) is 3. The lowest BCUT2D eigenvalue weighted by atomic mass is 10.1. The Morgan fingerprint density at radius 1 is 1.26 bits per heavy atom. The topological polar surface area (TPSA) is 76.9 Å². The number of aromatic nitrogens is 3. The van der Waals surface area contributed by atoms with Gasteiger partial charge in [-0.05, 0) is 32.9 Å². The van der Waals surface area contributed by atoms with Gasteiger partial charge in [0.2, 0.25) is 5.91 Å². The predicted molar refractivity (Wildman–Crippen MR) is 107 cm³/mol. The van der Waals surface area contributed by atoms with Crippen LogP contribution in [0.3, 0.4) is 0 Å². The van der Waals surface area contributed by atoms with Crippen molar-refractivity contribution in [3.8, 4) is 0 Å². The van der Waals surface area contributed by atoms with Gasteiger partial charge in [0.15, 0.2) is 5.16 Å². The highest BCUT2D eigenvalue weighted by Gasteiger charge is 2.28. The van der Waals surface area contributed by atoms with Crippen molar-refractivity contribution in [2.45, 2.75) is 38.4 Å². The Hall–Kier alpha value is -2.67. The number of hydrogen-bond donors (Lipinski definition) is 1. The summed E-state index contributed by atoms with van der Waals surface area (Å²) >= 11 is 1.53. The number of anilines is 1. The van der Waals surface area contributed by atoms with Crippen molar-refractivity contribution >= 4 is 34.3 Å². The van der Waals surface area contributed by atoms with Crippen molar-refractivity contribution < 1.29 is 4.79 Å². The van der Waals surface area contributed by atoms with Crippen molar-refractivity contribution in [1.29, 1.82) is 0 Å². The first-order chi connectivity index (χ1) is 12.9. The van der Waals surface area contributed by atoms with Gasteiger partial charge in [-0.15, -0.1) is 0 Å². The number of para-hydroxylation sites is 1. The monoisotopic (exact) mass is 380 g/mol. The maximum absolute atomic E-state index is 12.7. The maximum atomic E-state index is 12.7. The van der Waals surface area contributed by atoms with Crippen LogP contribution in [0.5, 0.6) is 0 Å². The Morgan fingerprint density at radius 3 is 2.85 bits per heavy atom. The molecular formula is C20H20N4O2S. The van der Waals surface area contributed by atoms with Crippen molar-refractivity contribution in [2.24, 2.45) is 0 Å². The molecule has 1 atom stereocenters. The van der Waals surface area contributed by atoms with E-state index in [1.54, 1.807) is 11.5 Å². The lowest BCUT2D eigenvalue weighted by molar-refractivity contribution is -0.116. The molecule has 1 unspecified atom stereocenters. The minimum atomic E-state index is -0.182. The fourth-order valence-corrected chi connectivity index (χ4v) is 4.53. The molecule has 0 aliphatic carbocycles. The van der Waals surface area contributed by atoms with E-state index in [0.717, 1.165) is 28.0 Å². The number of hydrogen-bond acceptors (Lipinski definition) is 5.